The lowest BCUT2D eigenvalue weighted by Crippen LogP contribution is -2.30. The molecule has 1 unspecified atom stereocenters. The summed E-state index contributed by atoms with van der Waals surface area (Å²) in [7, 11) is 1.57. The van der Waals surface area contributed by atoms with Crippen molar-refractivity contribution in [2.45, 2.75) is 17.1 Å². The second-order valence-corrected chi connectivity index (χ2v) is 10.7. The van der Waals surface area contributed by atoms with E-state index in [0.717, 1.165) is 4.90 Å². The molecule has 4 aromatic carbocycles. The highest BCUT2D eigenvalue weighted by molar-refractivity contribution is 8.00. The lowest BCUT2D eigenvalue weighted by atomic mass is 10.1. The lowest BCUT2D eigenvalue weighted by Gasteiger charge is -2.14. The SMILES string of the molecule is COc1ccc(/C=C(\NC(=O)c2ccccc2)C(=O)Nc2ccc(SC(C)C(=O)Nc3ccc(C(N)=O)cc3)cc2)cc1. The second kappa shape index (κ2) is 14.5. The van der Waals surface area contributed by atoms with Crippen molar-refractivity contribution in [3.8, 4) is 5.75 Å². The maximum Gasteiger partial charge on any atom is 0.272 e. The van der Waals surface area contributed by atoms with E-state index in [1.54, 1.807) is 123 Å². The van der Waals surface area contributed by atoms with Gasteiger partial charge in [0.25, 0.3) is 11.8 Å². The third-order valence-corrected chi connectivity index (χ3v) is 7.30. The van der Waals surface area contributed by atoms with Crippen LogP contribution in [-0.4, -0.2) is 36.0 Å². The molecule has 1 atom stereocenters. The molecule has 4 aromatic rings. The Kier molecular flexibility index (Phi) is 10.3. The number of thioether (sulfide) groups is 1. The molecule has 218 valence electrons. The molecule has 0 aliphatic heterocycles. The Morgan fingerprint density at radius 3 is 1.98 bits per heavy atom. The molecule has 0 aliphatic rings. The highest BCUT2D eigenvalue weighted by Gasteiger charge is 2.17. The van der Waals surface area contributed by atoms with Crippen molar-refractivity contribution in [2.75, 3.05) is 17.7 Å². The lowest BCUT2D eigenvalue weighted by molar-refractivity contribution is -0.115. The first-order valence-corrected chi connectivity index (χ1v) is 14.1. The molecule has 43 heavy (non-hydrogen) atoms. The number of hydrogen-bond donors (Lipinski definition) is 4. The summed E-state index contributed by atoms with van der Waals surface area (Å²) in [4.78, 5) is 50.9. The maximum absolute atomic E-state index is 13.3. The van der Waals surface area contributed by atoms with Crippen LogP contribution in [-0.2, 0) is 9.59 Å². The van der Waals surface area contributed by atoms with Crippen molar-refractivity contribution in [2.24, 2.45) is 5.73 Å². The van der Waals surface area contributed by atoms with Crippen LogP contribution in [0.4, 0.5) is 11.4 Å². The van der Waals surface area contributed by atoms with Crippen LogP contribution in [0, 0.1) is 0 Å². The number of methoxy groups -OCH3 is 1. The normalized spacial score (nSPS) is 11.6. The van der Waals surface area contributed by atoms with Crippen LogP contribution in [0.5, 0.6) is 5.75 Å². The van der Waals surface area contributed by atoms with Crippen molar-refractivity contribution in [1.82, 2.24) is 5.32 Å². The molecule has 0 aliphatic carbocycles. The highest BCUT2D eigenvalue weighted by Crippen LogP contribution is 2.26. The van der Waals surface area contributed by atoms with Gasteiger partial charge in [0.1, 0.15) is 11.4 Å². The summed E-state index contributed by atoms with van der Waals surface area (Å²) >= 11 is 1.35. The molecule has 0 bridgehead atoms. The quantitative estimate of drug-likeness (QED) is 0.137. The first kappa shape index (κ1) is 30.6. The van der Waals surface area contributed by atoms with Gasteiger partial charge in [-0.15, -0.1) is 11.8 Å². The molecule has 4 rings (SSSR count). The molecule has 0 radical (unpaired) electrons. The fraction of sp³-hybridized carbons (Fsp3) is 0.0909. The van der Waals surface area contributed by atoms with Gasteiger partial charge in [-0.1, -0.05) is 30.3 Å². The Balaban J connectivity index is 1.41. The molecule has 4 amide bonds. The summed E-state index contributed by atoms with van der Waals surface area (Å²) in [6.45, 7) is 1.78. The van der Waals surface area contributed by atoms with Gasteiger partial charge in [0, 0.05) is 27.4 Å². The van der Waals surface area contributed by atoms with Gasteiger partial charge in [-0.25, -0.2) is 0 Å². The Morgan fingerprint density at radius 2 is 1.37 bits per heavy atom. The Hall–Kier alpha value is -5.35. The predicted octanol–water partition coefficient (Wildman–Crippen LogP) is 5.32. The number of rotatable bonds is 11. The first-order valence-electron chi connectivity index (χ1n) is 13.2. The van der Waals surface area contributed by atoms with Crippen LogP contribution >= 0.6 is 11.8 Å². The summed E-state index contributed by atoms with van der Waals surface area (Å²) in [6, 6.07) is 29.1. The molecule has 0 fully saturated rings. The average Bonchev–Trinajstić information content (AvgIpc) is 3.02. The third-order valence-electron chi connectivity index (χ3n) is 6.19. The first-order chi connectivity index (χ1) is 20.7. The minimum absolute atomic E-state index is 0.0617. The van der Waals surface area contributed by atoms with Gasteiger partial charge >= 0.3 is 0 Å². The standard InChI is InChI=1S/C33H30N4O5S/c1-21(31(39)35-25-12-10-23(11-13-25)30(34)38)43-28-18-14-26(15-19-28)36-33(41)29(20-22-8-16-27(42-2)17-9-22)37-32(40)24-6-4-3-5-7-24/h3-21H,1-2H3,(H2,34,38)(H,35,39)(H,36,41)(H,37,40)/b29-20-. The van der Waals surface area contributed by atoms with Gasteiger partial charge in [0.2, 0.25) is 11.8 Å². The molecule has 0 spiro atoms. The Bertz CT molecular complexity index is 1620. The number of carbonyl (C=O) groups excluding carboxylic acids is 4. The number of benzene rings is 4. The number of nitrogens with one attached hydrogen (secondary N) is 3. The molecule has 0 saturated heterocycles. The van der Waals surface area contributed by atoms with Crippen molar-refractivity contribution < 1.29 is 23.9 Å². The molecule has 0 saturated carbocycles. The molecular formula is C33H30N4O5S. The van der Waals surface area contributed by atoms with E-state index in [9.17, 15) is 19.2 Å². The van der Waals surface area contributed by atoms with Crippen LogP contribution in [0.25, 0.3) is 6.08 Å². The van der Waals surface area contributed by atoms with E-state index in [1.807, 2.05) is 0 Å². The monoisotopic (exact) mass is 594 g/mol. The van der Waals surface area contributed by atoms with E-state index in [-0.39, 0.29) is 11.6 Å². The predicted molar refractivity (Wildman–Crippen MR) is 169 cm³/mol. The van der Waals surface area contributed by atoms with E-state index < -0.39 is 23.0 Å². The number of amides is 4. The average molecular weight is 595 g/mol. The van der Waals surface area contributed by atoms with E-state index in [0.29, 0.717) is 33.8 Å². The number of ether oxygens (including phenoxy) is 1. The Labute approximate surface area is 253 Å². The summed E-state index contributed by atoms with van der Waals surface area (Å²) in [5.41, 5.74) is 7.85. The zero-order chi connectivity index (χ0) is 30.8. The number of nitrogens with two attached hydrogens (primary N) is 1. The summed E-state index contributed by atoms with van der Waals surface area (Å²) in [5.74, 6) is -1.01. The van der Waals surface area contributed by atoms with Gasteiger partial charge in [-0.2, -0.15) is 0 Å². The molecule has 9 nitrogen and oxygen atoms in total. The Morgan fingerprint density at radius 1 is 0.767 bits per heavy atom. The van der Waals surface area contributed by atoms with Gasteiger partial charge in [-0.3, -0.25) is 19.2 Å². The fourth-order valence-corrected chi connectivity index (χ4v) is 4.71. The highest BCUT2D eigenvalue weighted by atomic mass is 32.2. The fourth-order valence-electron chi connectivity index (χ4n) is 3.84. The van der Waals surface area contributed by atoms with E-state index in [4.69, 9.17) is 10.5 Å². The number of hydrogen-bond acceptors (Lipinski definition) is 6. The van der Waals surface area contributed by atoms with E-state index in [1.165, 1.54) is 11.8 Å². The molecule has 0 aromatic heterocycles. The van der Waals surface area contributed by atoms with Crippen LogP contribution in [0.1, 0.15) is 33.2 Å². The number of primary amides is 1. The topological polar surface area (TPSA) is 140 Å². The van der Waals surface area contributed by atoms with E-state index in [2.05, 4.69) is 16.0 Å². The van der Waals surface area contributed by atoms with Crippen LogP contribution in [0.3, 0.4) is 0 Å². The van der Waals surface area contributed by atoms with Crippen LogP contribution in [0.2, 0.25) is 0 Å². The molecule has 0 heterocycles. The largest absolute Gasteiger partial charge is 0.497 e. The van der Waals surface area contributed by atoms with Crippen molar-refractivity contribution in [3.05, 3.63) is 126 Å². The molecule has 5 N–H and O–H groups in total. The summed E-state index contributed by atoms with van der Waals surface area (Å²) < 4.78 is 5.20. The van der Waals surface area contributed by atoms with Gasteiger partial charge < -0.3 is 26.4 Å². The van der Waals surface area contributed by atoms with Crippen LogP contribution in [0.15, 0.2) is 114 Å². The van der Waals surface area contributed by atoms with Crippen molar-refractivity contribution >= 4 is 52.8 Å². The molecular weight excluding hydrogens is 564 g/mol. The summed E-state index contributed by atoms with van der Waals surface area (Å²) in [6.07, 6.45) is 1.58. The zero-order valence-corrected chi connectivity index (χ0v) is 24.3. The van der Waals surface area contributed by atoms with Crippen molar-refractivity contribution in [1.29, 1.82) is 0 Å². The third kappa shape index (κ3) is 8.82. The molecule has 10 heteroatoms. The second-order valence-electron chi connectivity index (χ2n) is 9.32. The minimum atomic E-state index is -0.539. The zero-order valence-electron chi connectivity index (χ0n) is 23.5. The minimum Gasteiger partial charge on any atom is -0.497 e. The number of anilines is 2. The summed E-state index contributed by atoms with van der Waals surface area (Å²) in [5, 5.41) is 7.93. The van der Waals surface area contributed by atoms with Crippen LogP contribution < -0.4 is 26.4 Å². The van der Waals surface area contributed by atoms with Gasteiger partial charge in [-0.05, 0) is 91.4 Å². The maximum atomic E-state index is 13.3. The smallest absolute Gasteiger partial charge is 0.272 e. The van der Waals surface area contributed by atoms with Crippen molar-refractivity contribution in [3.63, 3.8) is 0 Å². The van der Waals surface area contributed by atoms with Gasteiger partial charge in [0.15, 0.2) is 0 Å². The number of carbonyl (C=O) groups is 4. The van der Waals surface area contributed by atoms with Gasteiger partial charge in [0.05, 0.1) is 12.4 Å². The van der Waals surface area contributed by atoms with E-state index >= 15 is 0 Å².